The van der Waals surface area contributed by atoms with Crippen molar-refractivity contribution >= 4 is 21.6 Å². The first kappa shape index (κ1) is 13.9. The zero-order chi connectivity index (χ0) is 13.7. The molecule has 0 unspecified atom stereocenters. The Bertz CT molecular complexity index is 521. The molecule has 1 aliphatic rings. The number of rotatable bonds is 3. The van der Waals surface area contributed by atoms with Gasteiger partial charge in [-0.05, 0) is 31.0 Å². The molecule has 0 atom stereocenters. The zero-order valence-corrected chi connectivity index (χ0v) is 12.2. The van der Waals surface area contributed by atoms with Crippen LogP contribution in [-0.2, 0) is 0 Å². The number of piperidine rings is 1. The molecule has 19 heavy (non-hydrogen) atoms. The highest BCUT2D eigenvalue weighted by molar-refractivity contribution is 9.10. The van der Waals surface area contributed by atoms with Gasteiger partial charge in [0.2, 0.25) is 0 Å². The number of likely N-dealkylation sites (tertiary alicyclic amines) is 1. The van der Waals surface area contributed by atoms with Gasteiger partial charge < -0.3 is 5.32 Å². The highest BCUT2D eigenvalue weighted by atomic mass is 79.9. The van der Waals surface area contributed by atoms with Crippen molar-refractivity contribution in [3.63, 3.8) is 0 Å². The van der Waals surface area contributed by atoms with Crippen molar-refractivity contribution in [3.8, 4) is 12.1 Å². The van der Waals surface area contributed by atoms with Crippen LogP contribution in [0.3, 0.4) is 0 Å². The van der Waals surface area contributed by atoms with Crippen LogP contribution in [0.1, 0.15) is 18.4 Å². The van der Waals surface area contributed by atoms with Crippen LogP contribution in [0.4, 0.5) is 5.69 Å². The van der Waals surface area contributed by atoms with Crippen molar-refractivity contribution in [2.75, 3.05) is 25.0 Å². The predicted octanol–water partition coefficient (Wildman–Crippen LogP) is 2.72. The summed E-state index contributed by atoms with van der Waals surface area (Å²) in [5.41, 5.74) is 1.55. The van der Waals surface area contributed by atoms with Crippen LogP contribution in [0.25, 0.3) is 0 Å². The van der Waals surface area contributed by atoms with E-state index < -0.39 is 0 Å². The van der Waals surface area contributed by atoms with Gasteiger partial charge in [0.05, 0.1) is 23.9 Å². The van der Waals surface area contributed by atoms with Crippen LogP contribution < -0.4 is 5.32 Å². The van der Waals surface area contributed by atoms with Gasteiger partial charge in [0.15, 0.2) is 0 Å². The van der Waals surface area contributed by atoms with Crippen LogP contribution >= 0.6 is 15.9 Å². The van der Waals surface area contributed by atoms with Crippen molar-refractivity contribution in [1.82, 2.24) is 4.90 Å². The van der Waals surface area contributed by atoms with Gasteiger partial charge in [-0.15, -0.1) is 0 Å². The molecular formula is C14H15BrN4. The normalized spacial score (nSPS) is 16.6. The molecule has 0 aromatic heterocycles. The first-order valence-corrected chi connectivity index (χ1v) is 7.07. The highest BCUT2D eigenvalue weighted by Gasteiger charge is 2.19. The molecule has 0 aliphatic carbocycles. The molecule has 0 radical (unpaired) electrons. The molecule has 0 saturated carbocycles. The average Bonchev–Trinajstić information content (AvgIpc) is 2.43. The minimum Gasteiger partial charge on any atom is -0.381 e. The van der Waals surface area contributed by atoms with Crippen LogP contribution in [0, 0.1) is 22.7 Å². The molecule has 4 nitrogen and oxygen atoms in total. The van der Waals surface area contributed by atoms with E-state index in [1.165, 1.54) is 0 Å². The van der Waals surface area contributed by atoms with Crippen LogP contribution in [-0.4, -0.2) is 30.6 Å². The van der Waals surface area contributed by atoms with Gasteiger partial charge in [-0.1, -0.05) is 15.9 Å². The predicted molar refractivity (Wildman–Crippen MR) is 77.6 cm³/mol. The van der Waals surface area contributed by atoms with Crippen LogP contribution in [0.15, 0.2) is 22.7 Å². The lowest BCUT2D eigenvalue weighted by Gasteiger charge is -2.31. The third-order valence-electron chi connectivity index (χ3n) is 3.34. The van der Waals surface area contributed by atoms with Crippen molar-refractivity contribution in [1.29, 1.82) is 10.5 Å². The van der Waals surface area contributed by atoms with Crippen molar-refractivity contribution in [2.45, 2.75) is 18.9 Å². The van der Waals surface area contributed by atoms with E-state index in [4.69, 9.17) is 10.5 Å². The van der Waals surface area contributed by atoms with Gasteiger partial charge in [0, 0.05) is 23.6 Å². The van der Waals surface area contributed by atoms with Crippen LogP contribution in [0.2, 0.25) is 0 Å². The zero-order valence-electron chi connectivity index (χ0n) is 10.6. The first-order chi connectivity index (χ1) is 9.22. The Kier molecular flexibility index (Phi) is 4.79. The molecule has 5 heteroatoms. The molecule has 98 valence electrons. The summed E-state index contributed by atoms with van der Waals surface area (Å²) >= 11 is 3.37. The van der Waals surface area contributed by atoms with Gasteiger partial charge in [0.1, 0.15) is 6.07 Å². The summed E-state index contributed by atoms with van der Waals surface area (Å²) in [6.07, 6.45) is 2.01. The average molecular weight is 319 g/mol. The molecule has 1 fully saturated rings. The van der Waals surface area contributed by atoms with Crippen molar-refractivity contribution in [3.05, 3.63) is 28.2 Å². The topological polar surface area (TPSA) is 62.9 Å². The lowest BCUT2D eigenvalue weighted by molar-refractivity contribution is 0.242. The Morgan fingerprint density at radius 2 is 2.05 bits per heavy atom. The molecule has 2 rings (SSSR count). The van der Waals surface area contributed by atoms with E-state index in [1.54, 1.807) is 0 Å². The number of hydrogen-bond donors (Lipinski definition) is 1. The van der Waals surface area contributed by atoms with Gasteiger partial charge in [0.25, 0.3) is 0 Å². The second-order valence-corrected chi connectivity index (χ2v) is 5.57. The maximum Gasteiger partial charge on any atom is 0.101 e. The minimum absolute atomic E-state index is 0.378. The van der Waals surface area contributed by atoms with E-state index >= 15 is 0 Å². The number of hydrogen-bond acceptors (Lipinski definition) is 4. The fourth-order valence-corrected chi connectivity index (χ4v) is 2.65. The molecule has 1 heterocycles. The Hall–Kier alpha value is -1.56. The molecule has 1 N–H and O–H groups in total. The SMILES string of the molecule is N#CCN1CCC(Nc2ccc(Br)cc2C#N)CC1. The van der Waals surface area contributed by atoms with Crippen molar-refractivity contribution < 1.29 is 0 Å². The number of benzene rings is 1. The second kappa shape index (κ2) is 6.56. The van der Waals surface area contributed by atoms with E-state index in [-0.39, 0.29) is 0 Å². The standard InChI is InChI=1S/C14H15BrN4/c15-12-1-2-14(11(9-12)10-17)18-13-3-6-19(7-4-13)8-5-16/h1-2,9,13,18H,3-4,6-8H2. The molecule has 1 aliphatic heterocycles. The number of nitriles is 2. The highest BCUT2D eigenvalue weighted by Crippen LogP contribution is 2.23. The molecular weight excluding hydrogens is 304 g/mol. The minimum atomic E-state index is 0.378. The van der Waals surface area contributed by atoms with E-state index in [0.29, 0.717) is 18.2 Å². The second-order valence-electron chi connectivity index (χ2n) is 4.65. The summed E-state index contributed by atoms with van der Waals surface area (Å²) in [4.78, 5) is 2.16. The van der Waals surface area contributed by atoms with Gasteiger partial charge in [-0.3, -0.25) is 4.90 Å². The fourth-order valence-electron chi connectivity index (χ4n) is 2.29. The van der Waals surface area contributed by atoms with Gasteiger partial charge in [-0.25, -0.2) is 0 Å². The third-order valence-corrected chi connectivity index (χ3v) is 3.84. The number of nitrogens with zero attached hydrogens (tertiary/aromatic N) is 3. The molecule has 0 amide bonds. The molecule has 1 aromatic rings. The number of halogens is 1. The quantitative estimate of drug-likeness (QED) is 0.870. The lowest BCUT2D eigenvalue weighted by atomic mass is 10.0. The Morgan fingerprint density at radius 3 is 2.68 bits per heavy atom. The van der Waals surface area contributed by atoms with Crippen molar-refractivity contribution in [2.24, 2.45) is 0 Å². The van der Waals surface area contributed by atoms with Gasteiger partial charge >= 0.3 is 0 Å². The van der Waals surface area contributed by atoms with Gasteiger partial charge in [-0.2, -0.15) is 10.5 Å². The third kappa shape index (κ3) is 3.70. The maximum absolute atomic E-state index is 9.13. The Morgan fingerprint density at radius 1 is 1.32 bits per heavy atom. The summed E-state index contributed by atoms with van der Waals surface area (Å²) < 4.78 is 0.915. The maximum atomic E-state index is 9.13. The largest absolute Gasteiger partial charge is 0.381 e. The number of nitrogens with one attached hydrogen (secondary N) is 1. The number of anilines is 1. The summed E-state index contributed by atoms with van der Waals surface area (Å²) in [6, 6.07) is 10.5. The van der Waals surface area contributed by atoms with E-state index in [9.17, 15) is 0 Å². The summed E-state index contributed by atoms with van der Waals surface area (Å²) in [6.45, 7) is 2.38. The molecule has 0 bridgehead atoms. The van der Waals surface area contributed by atoms with Crippen LogP contribution in [0.5, 0.6) is 0 Å². The monoisotopic (exact) mass is 318 g/mol. The Balaban J connectivity index is 1.96. The first-order valence-electron chi connectivity index (χ1n) is 6.28. The Labute approximate surface area is 121 Å². The molecule has 0 spiro atoms. The summed E-state index contributed by atoms with van der Waals surface area (Å²) in [5.74, 6) is 0. The summed E-state index contributed by atoms with van der Waals surface area (Å²) in [5, 5.41) is 21.2. The van der Waals surface area contributed by atoms with E-state index in [0.717, 1.165) is 36.1 Å². The smallest absolute Gasteiger partial charge is 0.101 e. The molecule has 1 saturated heterocycles. The molecule has 1 aromatic carbocycles. The van der Waals surface area contributed by atoms with E-state index in [1.807, 2.05) is 18.2 Å². The van der Waals surface area contributed by atoms with E-state index in [2.05, 4.69) is 38.3 Å². The fraction of sp³-hybridized carbons (Fsp3) is 0.429. The lowest BCUT2D eigenvalue weighted by Crippen LogP contribution is -2.39. The summed E-state index contributed by atoms with van der Waals surface area (Å²) in [7, 11) is 0.